The number of alkyl halides is 1. The Morgan fingerprint density at radius 3 is 1.16 bits per heavy atom. The molecule has 0 unspecified atom stereocenters. The van der Waals surface area contributed by atoms with Crippen LogP contribution in [-0.2, 0) is 85.7 Å². The molecule has 1 saturated heterocycles. The maximum Gasteiger partial charge on any atom is 0.413 e. The number of carbonyl (C=O) groups is 4. The van der Waals surface area contributed by atoms with E-state index < -0.39 is 82.8 Å². The van der Waals surface area contributed by atoms with E-state index in [4.69, 9.17) is 68.4 Å². The molecule has 12 heterocycles. The zero-order valence-electron chi connectivity index (χ0n) is 72.9. The van der Waals surface area contributed by atoms with Gasteiger partial charge >= 0.3 is 12.2 Å². The summed E-state index contributed by atoms with van der Waals surface area (Å²) in [5, 5.41) is 53.3. The molecule has 0 radical (unpaired) electrons. The number of amides is 4. The van der Waals surface area contributed by atoms with Gasteiger partial charge in [-0.1, -0.05) is 99.3 Å². The molecule has 134 heavy (non-hydrogen) atoms. The Labute approximate surface area is 786 Å². The van der Waals surface area contributed by atoms with Crippen LogP contribution in [0.15, 0.2) is 137 Å². The molecule has 44 heteroatoms. The Hall–Kier alpha value is -11.3. The van der Waals surface area contributed by atoms with Crippen LogP contribution in [0.5, 0.6) is 0 Å². The number of fused-ring (bicyclic) bond motifs is 13. The highest BCUT2D eigenvalue weighted by Crippen LogP contribution is 2.50. The van der Waals surface area contributed by atoms with Gasteiger partial charge in [0.25, 0.3) is 0 Å². The molecule has 4 aliphatic heterocycles. The number of carbonyl (C=O) groups excluding carboxylic acids is 6. The first-order valence-corrected chi connectivity index (χ1v) is 48.4. The number of sulfonamides is 3. The molecular formula is C90H117Cl2FN22O16S3. The van der Waals surface area contributed by atoms with Gasteiger partial charge < -0.3 is 70.3 Å². The molecular weight excluding hydrogens is 1830 g/mol. The lowest BCUT2D eigenvalue weighted by molar-refractivity contribution is -0.191. The number of nitrogens with zero attached hydrogens (tertiary/aromatic N) is 13. The van der Waals surface area contributed by atoms with E-state index in [-0.39, 0.29) is 108 Å². The van der Waals surface area contributed by atoms with Gasteiger partial charge in [-0.15, -0.1) is 0 Å². The second-order valence-corrected chi connectivity index (χ2v) is 40.9. The number of nitrogen functional groups attached to an aromatic ring is 1. The summed E-state index contributed by atoms with van der Waals surface area (Å²) in [6.45, 7) is 11.1. The number of nitrogens with one attached hydrogen (secondary N) is 5. The summed E-state index contributed by atoms with van der Waals surface area (Å²) in [4.78, 5) is 106. The third-order valence-corrected chi connectivity index (χ3v) is 28.4. The molecule has 3 spiro atoms. The van der Waals surface area contributed by atoms with Crippen LogP contribution in [0.4, 0.5) is 38.1 Å². The number of aliphatic hydroxyl groups is 2. The van der Waals surface area contributed by atoms with Gasteiger partial charge in [-0.25, -0.2) is 69.8 Å². The summed E-state index contributed by atoms with van der Waals surface area (Å²) >= 11 is 12.2. The normalized spacial score (nSPS) is 19.9. The van der Waals surface area contributed by atoms with Crippen LogP contribution in [0.3, 0.4) is 0 Å². The molecule has 8 aliphatic rings. The number of nitrogens with two attached hydrogens (primary N) is 4. The van der Waals surface area contributed by atoms with Crippen molar-refractivity contribution in [2.75, 3.05) is 42.9 Å². The number of anilines is 5. The van der Waals surface area contributed by atoms with Gasteiger partial charge in [-0.3, -0.25) is 19.3 Å². The fourth-order valence-electron chi connectivity index (χ4n) is 19.2. The summed E-state index contributed by atoms with van der Waals surface area (Å²) in [6, 6.07) is 23.5. The zero-order valence-corrected chi connectivity index (χ0v) is 76.9. The average molecular weight is 1950 g/mol. The van der Waals surface area contributed by atoms with E-state index in [1.165, 1.54) is 55.0 Å². The van der Waals surface area contributed by atoms with Crippen LogP contribution in [0.1, 0.15) is 239 Å². The number of hydrogen-bond acceptors (Lipinski definition) is 27. The molecule has 0 bridgehead atoms. The van der Waals surface area contributed by atoms with E-state index >= 15 is 0 Å². The van der Waals surface area contributed by atoms with E-state index in [0.29, 0.717) is 65.1 Å². The first kappa shape index (κ1) is 103. The molecule has 3 aromatic carbocycles. The quantitative estimate of drug-likeness (QED) is 0.0400. The number of benzene rings is 3. The van der Waals surface area contributed by atoms with Gasteiger partial charge in [0.15, 0.2) is 0 Å². The summed E-state index contributed by atoms with van der Waals surface area (Å²) in [7, 11) is -11.1. The first-order valence-electron chi connectivity index (χ1n) is 43.0. The smallest absolute Gasteiger partial charge is 0.413 e. The average Bonchev–Trinajstić information content (AvgIpc) is 1.56. The van der Waals surface area contributed by atoms with Gasteiger partial charge in [-0.2, -0.15) is 29.5 Å². The SMILES string of the molecule is C.C.C.CC(C)(C)OC(=O)N1[C@H](c2cc3cnc(Cl)nc3n2C2(C)CCCCC2)COC1(C)C.NS(=O)(=O)c1ccc(Nc2ncc3cc4n(c3n2)C2(CCCCC2)C(=O)N[C@H]4CF)cc1.NS(=O)(=O)c1ccc(Nc2ncc3cc4n(c3n2)C2(CCCCC2)C(=O)N[C@H]4CO)cc1.Nc1ccc(S(N)(=O)=O)cc1.O=C1N[C@@H](CO)c2cc3cnc(Cl)nc3n2C12CCCCC2.O=C=O. The van der Waals surface area contributed by atoms with Gasteiger partial charge in [0.05, 0.1) is 52.6 Å². The lowest BCUT2D eigenvalue weighted by Gasteiger charge is -2.44. The van der Waals surface area contributed by atoms with Gasteiger partial charge in [-0.05, 0) is 213 Å². The molecule has 15 N–H and O–H groups in total. The van der Waals surface area contributed by atoms with Gasteiger partial charge in [0.2, 0.25) is 70.3 Å². The monoisotopic (exact) mass is 1950 g/mol. The van der Waals surface area contributed by atoms with Crippen molar-refractivity contribution in [3.63, 3.8) is 0 Å². The highest BCUT2D eigenvalue weighted by molar-refractivity contribution is 7.89. The topological polar surface area (TPSA) is 554 Å². The van der Waals surface area contributed by atoms with Crippen LogP contribution in [-0.4, -0.2) is 166 Å². The maximum absolute atomic E-state index is 13.8. The number of halogens is 3. The van der Waals surface area contributed by atoms with Crippen molar-refractivity contribution in [3.8, 4) is 0 Å². The third-order valence-electron chi connectivity index (χ3n) is 25.3. The van der Waals surface area contributed by atoms with E-state index in [0.717, 1.165) is 153 Å². The molecule has 4 aliphatic carbocycles. The Morgan fingerprint density at radius 1 is 0.507 bits per heavy atom. The predicted octanol–water partition coefficient (Wildman–Crippen LogP) is 13.2. The van der Waals surface area contributed by atoms with Crippen molar-refractivity contribution in [1.82, 2.24) is 79.0 Å². The molecule has 38 nitrogen and oxygen atoms in total. The Kier molecular flexibility index (Phi) is 31.7. The van der Waals surface area contributed by atoms with Crippen molar-refractivity contribution < 1.29 is 78.1 Å². The Morgan fingerprint density at radius 2 is 0.821 bits per heavy atom. The molecule has 4 saturated carbocycles. The molecule has 19 rings (SSSR count). The third kappa shape index (κ3) is 21.2. The van der Waals surface area contributed by atoms with Gasteiger partial charge in [0.1, 0.15) is 63.2 Å². The molecule has 11 aromatic rings. The van der Waals surface area contributed by atoms with Crippen LogP contribution in [0, 0.1) is 0 Å². The van der Waals surface area contributed by atoms with Crippen molar-refractivity contribution in [2.45, 2.75) is 265 Å². The summed E-state index contributed by atoms with van der Waals surface area (Å²) in [6.07, 6.45) is 25.7. The number of aromatic nitrogens is 12. The largest absolute Gasteiger partial charge is 0.444 e. The molecule has 722 valence electrons. The maximum atomic E-state index is 13.8. The van der Waals surface area contributed by atoms with E-state index in [1.54, 1.807) is 54.0 Å². The minimum atomic E-state index is -3.78. The van der Waals surface area contributed by atoms with Crippen molar-refractivity contribution in [3.05, 3.63) is 155 Å². The number of rotatable bonds is 12. The first-order chi connectivity index (χ1) is 62.1. The van der Waals surface area contributed by atoms with Crippen molar-refractivity contribution in [2.24, 2.45) is 15.4 Å². The molecule has 5 fully saturated rings. The molecule has 4 atom stereocenters. The second-order valence-electron chi connectivity index (χ2n) is 35.5. The van der Waals surface area contributed by atoms with Crippen LogP contribution >= 0.6 is 23.2 Å². The van der Waals surface area contributed by atoms with Gasteiger partial charge in [0, 0.05) is 91.7 Å². The predicted molar refractivity (Wildman–Crippen MR) is 503 cm³/mol. The van der Waals surface area contributed by atoms with E-state index in [2.05, 4.69) is 79.0 Å². The van der Waals surface area contributed by atoms with Crippen molar-refractivity contribution in [1.29, 1.82) is 0 Å². The second kappa shape index (κ2) is 41.1. The van der Waals surface area contributed by atoms with Crippen LogP contribution in [0.2, 0.25) is 10.6 Å². The Bertz CT molecular complexity index is 6320. The summed E-state index contributed by atoms with van der Waals surface area (Å²) < 4.78 is 101. The summed E-state index contributed by atoms with van der Waals surface area (Å²) in [5.74, 6) is 0.352. The zero-order chi connectivity index (χ0) is 94.1. The molecule has 8 aromatic heterocycles. The van der Waals surface area contributed by atoms with Crippen LogP contribution in [0.25, 0.3) is 44.1 Å². The Balaban J connectivity index is 0.000000164. The standard InChI is InChI=1S/C23H33ClN4O3.C21H23FN6O3S.C21H24N6O4S.C15H17ClN4O2.C6H8N2O2S.CO2.3CH4/c1-21(2,3)31-20(29)28-17(14-30-22(28,4)5)16-12-15-13-25-19(24)26-18(15)27(16)23(6)10-8-7-9-11-23;22-11-16-17-10-13-12-24-20(25-14-4-6-15(7-5-14)32(23,30)31)27-18(13)28(17)21(19(29)26-16)8-2-1-3-9-21;22-32(30,31)15-6-4-14(5-7-15)24-20-23-11-13-10-17-16(12-28)25-19(29)21(8-2-1-3-9-21)27(17)18(13)26-20;16-14-17-7-9-6-11-10(8-21)18-13(22)15(4-2-1-3-5-15)20(11)12(9)19-14;7-5-1-3-6(4-2-5)11(8,9)10;2-1-3;;;/h12-13,17H,7-11,14H2,1-6H3;4-7,10,12,16H,1-3,8-9,11H2,(H,26,29)(H2,23,30,31)(H,24,25,27);4-7,10-11,16,28H,1-3,8-9,12H2,(H,25,29)(H2,22,30,31)(H,23,24,26);6-7,10,21H,1-5,8H2,(H,18,22);1-4H,7H2,(H2,8,9,10);;3*1H4/t17-;2*16-;10-;;;;;/m0000...../s1. The number of primary sulfonamides is 3. The highest BCUT2D eigenvalue weighted by Gasteiger charge is 2.53. The van der Waals surface area contributed by atoms with E-state index in [1.807, 2.05) is 66.5 Å². The molecule has 4 amide bonds. The lowest BCUT2D eigenvalue weighted by Crippen LogP contribution is -2.56. The number of hydrogen-bond donors (Lipinski definition) is 11. The fourth-order valence-corrected chi connectivity index (χ4v) is 21.0. The fraction of sp³-hybridized carbons (Fsp3) is 0.478. The van der Waals surface area contributed by atoms with Crippen molar-refractivity contribution >= 4 is 156 Å². The summed E-state index contributed by atoms with van der Waals surface area (Å²) in [5.41, 5.74) is 9.54. The minimum Gasteiger partial charge on any atom is -0.444 e. The number of aliphatic hydroxyl groups excluding tert-OH is 2. The van der Waals surface area contributed by atoms with E-state index in [9.17, 15) is 59.0 Å². The van der Waals surface area contributed by atoms with Crippen LogP contribution < -0.4 is 47.7 Å². The number of ether oxygens (including phenoxy) is 2. The minimum absolute atomic E-state index is 0. The lowest BCUT2D eigenvalue weighted by atomic mass is 9.79. The highest BCUT2D eigenvalue weighted by atomic mass is 35.5.